The number of rotatable bonds is 10. The average molecular weight is 415 g/mol. The second kappa shape index (κ2) is 11.7. The van der Waals surface area contributed by atoms with E-state index in [0.717, 1.165) is 38.4 Å². The molecular weight excluding hydrogens is 372 g/mol. The predicted molar refractivity (Wildman–Crippen MR) is 126 cm³/mol. The summed E-state index contributed by atoms with van der Waals surface area (Å²) in [6, 6.07) is 12.7. The van der Waals surface area contributed by atoms with Crippen LogP contribution in [0, 0.1) is 11.8 Å². The lowest BCUT2D eigenvalue weighted by molar-refractivity contribution is 0.114. The minimum Gasteiger partial charge on any atom is -0.396 e. The van der Waals surface area contributed by atoms with Gasteiger partial charge in [-0.15, -0.1) is 0 Å². The molecule has 0 amide bonds. The summed E-state index contributed by atoms with van der Waals surface area (Å²) in [5, 5.41) is 16.6. The number of fused-ring (bicyclic) bond motifs is 2. The van der Waals surface area contributed by atoms with Crippen molar-refractivity contribution < 1.29 is 5.11 Å². The van der Waals surface area contributed by atoms with Crippen molar-refractivity contribution in [2.24, 2.45) is 16.8 Å². The van der Waals surface area contributed by atoms with Gasteiger partial charge in [0.25, 0.3) is 0 Å². The minimum atomic E-state index is 0.250. The molecule has 3 rings (SSSR count). The van der Waals surface area contributed by atoms with Crippen LogP contribution in [0.4, 0.5) is 0 Å². The van der Waals surface area contributed by atoms with Gasteiger partial charge in [0.2, 0.25) is 0 Å². The quantitative estimate of drug-likeness (QED) is 0.403. The number of aliphatic imine (C=N–C) groups is 1. The number of hydrogen-bond donors (Lipinski definition) is 3. The summed E-state index contributed by atoms with van der Waals surface area (Å²) < 4.78 is 0. The third-order valence-electron chi connectivity index (χ3n) is 6.63. The zero-order valence-corrected chi connectivity index (χ0v) is 19.2. The molecule has 0 aromatic heterocycles. The van der Waals surface area contributed by atoms with Gasteiger partial charge in [-0.3, -0.25) is 9.89 Å². The fraction of sp³-hybridized carbons (Fsp3) is 0.720. The van der Waals surface area contributed by atoms with E-state index >= 15 is 0 Å². The fourth-order valence-corrected chi connectivity index (χ4v) is 5.31. The molecule has 2 saturated heterocycles. The highest BCUT2D eigenvalue weighted by Gasteiger charge is 2.40. The van der Waals surface area contributed by atoms with Crippen molar-refractivity contribution >= 4 is 5.96 Å². The summed E-state index contributed by atoms with van der Waals surface area (Å²) in [4.78, 5) is 7.64. The van der Waals surface area contributed by atoms with Crippen LogP contribution in [0.1, 0.15) is 64.9 Å². The SMILES string of the molecule is CCNC(=NCC(CCO)CC(C)C)NC1CC2CCC(C1)N2Cc1ccccc1. The van der Waals surface area contributed by atoms with Crippen molar-refractivity contribution in [1.29, 1.82) is 0 Å². The third-order valence-corrected chi connectivity index (χ3v) is 6.63. The Hall–Kier alpha value is -1.59. The van der Waals surface area contributed by atoms with Crippen LogP contribution in [-0.4, -0.2) is 53.8 Å². The Morgan fingerprint density at radius 1 is 1.17 bits per heavy atom. The Morgan fingerprint density at radius 3 is 2.47 bits per heavy atom. The van der Waals surface area contributed by atoms with Crippen LogP contribution in [-0.2, 0) is 6.54 Å². The molecular formula is C25H42N4O. The van der Waals surface area contributed by atoms with E-state index in [2.05, 4.69) is 66.6 Å². The number of aliphatic hydroxyl groups excluding tert-OH is 1. The van der Waals surface area contributed by atoms with Crippen LogP contribution in [0.25, 0.3) is 0 Å². The molecule has 5 nitrogen and oxygen atoms in total. The first-order valence-electron chi connectivity index (χ1n) is 12.0. The lowest BCUT2D eigenvalue weighted by atomic mass is 9.94. The van der Waals surface area contributed by atoms with Crippen molar-refractivity contribution in [2.75, 3.05) is 19.7 Å². The van der Waals surface area contributed by atoms with Gasteiger partial charge in [0.05, 0.1) is 0 Å². The molecule has 2 bridgehead atoms. The van der Waals surface area contributed by atoms with E-state index in [9.17, 15) is 5.11 Å². The maximum Gasteiger partial charge on any atom is 0.191 e. The highest BCUT2D eigenvalue weighted by molar-refractivity contribution is 5.80. The molecule has 1 aromatic rings. The van der Waals surface area contributed by atoms with E-state index in [0.29, 0.717) is 30.0 Å². The van der Waals surface area contributed by atoms with Gasteiger partial charge in [-0.05, 0) is 62.8 Å². The monoisotopic (exact) mass is 414 g/mol. The topological polar surface area (TPSA) is 59.9 Å². The first kappa shape index (κ1) is 23.1. The molecule has 3 atom stereocenters. The van der Waals surface area contributed by atoms with Gasteiger partial charge < -0.3 is 15.7 Å². The molecule has 1 aromatic carbocycles. The molecule has 30 heavy (non-hydrogen) atoms. The zero-order chi connectivity index (χ0) is 21.3. The average Bonchev–Trinajstić information content (AvgIpc) is 2.95. The van der Waals surface area contributed by atoms with Crippen molar-refractivity contribution in [3.05, 3.63) is 35.9 Å². The standard InChI is InChI=1S/C25H42N4O/c1-4-26-25(27-17-21(12-13-30)14-19(2)3)28-22-15-23-10-11-24(16-22)29(23)18-20-8-6-5-7-9-20/h5-9,19,21-24,30H,4,10-18H2,1-3H3,(H2,26,27,28). The molecule has 3 unspecified atom stereocenters. The minimum absolute atomic E-state index is 0.250. The molecule has 0 saturated carbocycles. The van der Waals surface area contributed by atoms with Crippen LogP contribution in [0.3, 0.4) is 0 Å². The molecule has 0 aliphatic carbocycles. The Balaban J connectivity index is 1.56. The molecule has 2 aliphatic heterocycles. The largest absolute Gasteiger partial charge is 0.396 e. The maximum absolute atomic E-state index is 9.39. The van der Waals surface area contributed by atoms with Crippen molar-refractivity contribution in [3.63, 3.8) is 0 Å². The van der Waals surface area contributed by atoms with Gasteiger partial charge in [-0.2, -0.15) is 0 Å². The van der Waals surface area contributed by atoms with Gasteiger partial charge in [-0.1, -0.05) is 44.2 Å². The Morgan fingerprint density at radius 2 is 1.87 bits per heavy atom. The summed E-state index contributed by atoms with van der Waals surface area (Å²) in [5.41, 5.74) is 1.43. The molecule has 0 radical (unpaired) electrons. The van der Waals surface area contributed by atoms with Gasteiger partial charge >= 0.3 is 0 Å². The number of nitrogens with zero attached hydrogens (tertiary/aromatic N) is 2. The molecule has 2 aliphatic rings. The number of aliphatic hydroxyl groups is 1. The highest BCUT2D eigenvalue weighted by atomic mass is 16.3. The van der Waals surface area contributed by atoms with Crippen molar-refractivity contribution in [2.45, 2.75) is 84.0 Å². The highest BCUT2D eigenvalue weighted by Crippen LogP contribution is 2.36. The smallest absolute Gasteiger partial charge is 0.191 e. The second-order valence-electron chi connectivity index (χ2n) is 9.58. The number of nitrogens with one attached hydrogen (secondary N) is 2. The van der Waals surface area contributed by atoms with E-state index in [1.807, 2.05) is 0 Å². The number of hydrogen-bond acceptors (Lipinski definition) is 3. The van der Waals surface area contributed by atoms with Crippen LogP contribution < -0.4 is 10.6 Å². The van der Waals surface area contributed by atoms with Gasteiger partial charge in [0.15, 0.2) is 5.96 Å². The molecule has 2 fully saturated rings. The summed E-state index contributed by atoms with van der Waals surface area (Å²) in [5.74, 6) is 2.04. The third kappa shape index (κ3) is 6.71. The van der Waals surface area contributed by atoms with Gasteiger partial charge in [0.1, 0.15) is 0 Å². The van der Waals surface area contributed by atoms with Crippen LogP contribution >= 0.6 is 0 Å². The number of benzene rings is 1. The summed E-state index contributed by atoms with van der Waals surface area (Å²) in [7, 11) is 0. The molecule has 168 valence electrons. The molecule has 3 N–H and O–H groups in total. The predicted octanol–water partition coefficient (Wildman–Crippen LogP) is 3.78. The van der Waals surface area contributed by atoms with Crippen LogP contribution in [0.2, 0.25) is 0 Å². The van der Waals surface area contributed by atoms with E-state index in [1.54, 1.807) is 0 Å². The van der Waals surface area contributed by atoms with E-state index < -0.39 is 0 Å². The fourth-order valence-electron chi connectivity index (χ4n) is 5.31. The Bertz CT molecular complexity index is 634. The summed E-state index contributed by atoms with van der Waals surface area (Å²) >= 11 is 0. The van der Waals surface area contributed by atoms with Crippen molar-refractivity contribution in [3.8, 4) is 0 Å². The Labute approximate surface area is 183 Å². The van der Waals surface area contributed by atoms with E-state index in [1.165, 1.54) is 31.2 Å². The van der Waals surface area contributed by atoms with Gasteiger partial charge in [0, 0.05) is 44.4 Å². The zero-order valence-electron chi connectivity index (χ0n) is 19.2. The normalized spacial score (nSPS) is 25.5. The van der Waals surface area contributed by atoms with E-state index in [4.69, 9.17) is 4.99 Å². The lowest BCUT2D eigenvalue weighted by Crippen LogP contribution is -2.52. The molecule has 0 spiro atoms. The van der Waals surface area contributed by atoms with Crippen molar-refractivity contribution in [1.82, 2.24) is 15.5 Å². The maximum atomic E-state index is 9.39. The van der Waals surface area contributed by atoms with E-state index in [-0.39, 0.29) is 6.61 Å². The van der Waals surface area contributed by atoms with Gasteiger partial charge in [-0.25, -0.2) is 0 Å². The number of piperidine rings is 1. The summed E-state index contributed by atoms with van der Waals surface area (Å²) in [6.07, 6.45) is 6.97. The number of guanidine groups is 1. The first-order valence-corrected chi connectivity index (χ1v) is 12.0. The van der Waals surface area contributed by atoms with Crippen LogP contribution in [0.15, 0.2) is 35.3 Å². The van der Waals surface area contributed by atoms with Crippen LogP contribution in [0.5, 0.6) is 0 Å². The Kier molecular flexibility index (Phi) is 9.01. The first-order chi connectivity index (χ1) is 14.6. The molecule has 5 heteroatoms. The molecule has 2 heterocycles. The lowest BCUT2D eigenvalue weighted by Gasteiger charge is -2.39. The summed E-state index contributed by atoms with van der Waals surface area (Å²) in [6.45, 7) is 9.61. The second-order valence-corrected chi connectivity index (χ2v) is 9.58.